The molecular weight excluding hydrogens is 322 g/mol. The lowest BCUT2D eigenvalue weighted by atomic mass is 10.1. The summed E-state index contributed by atoms with van der Waals surface area (Å²) in [5.74, 6) is -0.0146. The number of carbonyl (C=O) groups excluding carboxylic acids is 2. The zero-order chi connectivity index (χ0) is 17.8. The Labute approximate surface area is 147 Å². The molecule has 3 rings (SSSR count). The summed E-state index contributed by atoms with van der Waals surface area (Å²) in [6.45, 7) is 6.29. The molecule has 0 bridgehead atoms. The van der Waals surface area contributed by atoms with Gasteiger partial charge in [0.1, 0.15) is 6.54 Å². The Morgan fingerprint density at radius 2 is 2.12 bits per heavy atom. The van der Waals surface area contributed by atoms with Crippen molar-refractivity contribution in [1.82, 2.24) is 20.0 Å². The van der Waals surface area contributed by atoms with E-state index in [0.29, 0.717) is 25.2 Å². The molecule has 0 aromatic carbocycles. The highest BCUT2D eigenvalue weighted by molar-refractivity contribution is 5.90. The minimum Gasteiger partial charge on any atom is -0.372 e. The molecule has 8 heteroatoms. The second kappa shape index (κ2) is 7.97. The molecule has 0 spiro atoms. The molecule has 1 aromatic heterocycles. The van der Waals surface area contributed by atoms with Crippen LogP contribution in [0.4, 0.5) is 5.69 Å². The van der Waals surface area contributed by atoms with E-state index in [0.717, 1.165) is 19.4 Å². The van der Waals surface area contributed by atoms with E-state index >= 15 is 0 Å². The minimum atomic E-state index is -0.0268. The third-order valence-electron chi connectivity index (χ3n) is 4.58. The summed E-state index contributed by atoms with van der Waals surface area (Å²) < 4.78 is 7.22. The van der Waals surface area contributed by atoms with Crippen LogP contribution in [-0.2, 0) is 20.9 Å². The molecule has 138 valence electrons. The van der Waals surface area contributed by atoms with Crippen molar-refractivity contribution in [3.05, 3.63) is 12.4 Å². The van der Waals surface area contributed by atoms with E-state index in [2.05, 4.69) is 15.7 Å². The number of anilines is 1. The zero-order valence-electron chi connectivity index (χ0n) is 14.9. The molecular formula is C17H27N5O3. The summed E-state index contributed by atoms with van der Waals surface area (Å²) >= 11 is 0. The molecule has 3 unspecified atom stereocenters. The van der Waals surface area contributed by atoms with Gasteiger partial charge in [-0.15, -0.1) is 0 Å². The second-order valence-electron chi connectivity index (χ2n) is 7.03. The number of ether oxygens (including phenoxy) is 1. The molecule has 3 heterocycles. The van der Waals surface area contributed by atoms with E-state index in [9.17, 15) is 9.59 Å². The topological polar surface area (TPSA) is 88.5 Å². The molecule has 1 aromatic rings. The maximum absolute atomic E-state index is 12.4. The normalized spacial score (nSPS) is 26.6. The maximum Gasteiger partial charge on any atom is 0.244 e. The van der Waals surface area contributed by atoms with E-state index in [1.807, 2.05) is 18.7 Å². The number of amides is 2. The Balaban J connectivity index is 1.49. The van der Waals surface area contributed by atoms with E-state index < -0.39 is 0 Å². The van der Waals surface area contributed by atoms with Crippen molar-refractivity contribution in [3.8, 4) is 0 Å². The van der Waals surface area contributed by atoms with Gasteiger partial charge in [-0.25, -0.2) is 0 Å². The van der Waals surface area contributed by atoms with Gasteiger partial charge < -0.3 is 20.3 Å². The van der Waals surface area contributed by atoms with Crippen molar-refractivity contribution in [2.75, 3.05) is 25.0 Å². The van der Waals surface area contributed by atoms with Gasteiger partial charge in [0, 0.05) is 31.7 Å². The molecule has 8 nitrogen and oxygen atoms in total. The van der Waals surface area contributed by atoms with E-state index in [1.54, 1.807) is 17.1 Å². The van der Waals surface area contributed by atoms with Crippen LogP contribution >= 0.6 is 0 Å². The van der Waals surface area contributed by atoms with Gasteiger partial charge in [-0.2, -0.15) is 5.10 Å². The number of hydrogen-bond acceptors (Lipinski definition) is 5. The third kappa shape index (κ3) is 5.02. The van der Waals surface area contributed by atoms with Crippen molar-refractivity contribution in [1.29, 1.82) is 0 Å². The van der Waals surface area contributed by atoms with Gasteiger partial charge in [0.05, 0.1) is 24.1 Å². The Morgan fingerprint density at radius 3 is 2.80 bits per heavy atom. The average Bonchev–Trinajstić information content (AvgIpc) is 3.18. The standard InChI is InChI=1S/C17H27N5O3/c1-12-8-21(9-13(2)25-12)17(24)11-22-10-15(7-19-22)20-16(23)6-14-4-3-5-18-14/h7,10,12-14,18H,3-6,8-9,11H2,1-2H3,(H,20,23). The monoisotopic (exact) mass is 349 g/mol. The van der Waals surface area contributed by atoms with Crippen LogP contribution in [0.3, 0.4) is 0 Å². The van der Waals surface area contributed by atoms with Gasteiger partial charge in [-0.05, 0) is 33.2 Å². The van der Waals surface area contributed by atoms with Gasteiger partial charge in [-0.1, -0.05) is 0 Å². The highest BCUT2D eigenvalue weighted by Crippen LogP contribution is 2.13. The minimum absolute atomic E-state index is 0.0122. The number of rotatable bonds is 5. The fourth-order valence-corrected chi connectivity index (χ4v) is 3.50. The van der Waals surface area contributed by atoms with Crippen LogP contribution in [-0.4, -0.2) is 64.4 Å². The molecule has 2 aliphatic rings. The van der Waals surface area contributed by atoms with Crippen molar-refractivity contribution in [2.45, 2.75) is 57.9 Å². The van der Waals surface area contributed by atoms with Crippen LogP contribution < -0.4 is 10.6 Å². The van der Waals surface area contributed by atoms with E-state index in [-0.39, 0.29) is 36.6 Å². The molecule has 2 saturated heterocycles. The predicted octanol–water partition coefficient (Wildman–Crippen LogP) is 0.600. The van der Waals surface area contributed by atoms with Gasteiger partial charge in [-0.3, -0.25) is 14.3 Å². The molecule has 2 N–H and O–H groups in total. The lowest BCUT2D eigenvalue weighted by Crippen LogP contribution is -2.49. The van der Waals surface area contributed by atoms with Gasteiger partial charge >= 0.3 is 0 Å². The number of nitrogens with zero attached hydrogens (tertiary/aromatic N) is 3. The lowest BCUT2D eigenvalue weighted by molar-refractivity contribution is -0.144. The van der Waals surface area contributed by atoms with Gasteiger partial charge in [0.25, 0.3) is 0 Å². The van der Waals surface area contributed by atoms with Crippen molar-refractivity contribution >= 4 is 17.5 Å². The summed E-state index contributed by atoms with van der Waals surface area (Å²) in [7, 11) is 0. The molecule has 3 atom stereocenters. The summed E-state index contributed by atoms with van der Waals surface area (Å²) in [6.07, 6.45) is 6.00. The van der Waals surface area contributed by atoms with Crippen LogP contribution in [0.15, 0.2) is 12.4 Å². The largest absolute Gasteiger partial charge is 0.372 e. The summed E-state index contributed by atoms with van der Waals surface area (Å²) in [5, 5.41) is 10.3. The third-order valence-corrected chi connectivity index (χ3v) is 4.58. The first kappa shape index (κ1) is 17.9. The quantitative estimate of drug-likeness (QED) is 0.813. The molecule has 0 aliphatic carbocycles. The Hall–Kier alpha value is -1.93. The number of carbonyl (C=O) groups is 2. The highest BCUT2D eigenvalue weighted by atomic mass is 16.5. The Morgan fingerprint density at radius 1 is 1.36 bits per heavy atom. The van der Waals surface area contributed by atoms with E-state index in [4.69, 9.17) is 4.74 Å². The average molecular weight is 349 g/mol. The van der Waals surface area contributed by atoms with Crippen LogP contribution in [0.25, 0.3) is 0 Å². The Bertz CT molecular complexity index is 601. The molecule has 2 amide bonds. The van der Waals surface area contributed by atoms with Crippen LogP contribution in [0.5, 0.6) is 0 Å². The number of aromatic nitrogens is 2. The first-order valence-corrected chi connectivity index (χ1v) is 8.98. The van der Waals surface area contributed by atoms with Crippen LogP contribution in [0.2, 0.25) is 0 Å². The van der Waals surface area contributed by atoms with Gasteiger partial charge in [0.2, 0.25) is 11.8 Å². The smallest absolute Gasteiger partial charge is 0.244 e. The van der Waals surface area contributed by atoms with E-state index in [1.165, 1.54) is 0 Å². The Kier molecular flexibility index (Phi) is 5.70. The van der Waals surface area contributed by atoms with Crippen molar-refractivity contribution in [3.63, 3.8) is 0 Å². The van der Waals surface area contributed by atoms with Gasteiger partial charge in [0.15, 0.2) is 0 Å². The molecule has 0 radical (unpaired) electrons. The SMILES string of the molecule is CC1CN(C(=O)Cn2cc(NC(=O)CC3CCCN3)cn2)CC(C)O1. The highest BCUT2D eigenvalue weighted by Gasteiger charge is 2.26. The zero-order valence-corrected chi connectivity index (χ0v) is 14.9. The van der Waals surface area contributed by atoms with Crippen molar-refractivity contribution < 1.29 is 14.3 Å². The molecule has 0 saturated carbocycles. The summed E-state index contributed by atoms with van der Waals surface area (Å²) in [4.78, 5) is 26.3. The fraction of sp³-hybridized carbons (Fsp3) is 0.706. The molecule has 25 heavy (non-hydrogen) atoms. The number of nitrogens with one attached hydrogen (secondary N) is 2. The number of hydrogen-bond donors (Lipinski definition) is 2. The fourth-order valence-electron chi connectivity index (χ4n) is 3.50. The maximum atomic E-state index is 12.4. The first-order chi connectivity index (χ1) is 12.0. The van der Waals surface area contributed by atoms with Crippen LogP contribution in [0.1, 0.15) is 33.1 Å². The first-order valence-electron chi connectivity index (χ1n) is 8.98. The second-order valence-corrected chi connectivity index (χ2v) is 7.03. The lowest BCUT2D eigenvalue weighted by Gasteiger charge is -2.35. The predicted molar refractivity (Wildman–Crippen MR) is 93.1 cm³/mol. The number of morpholine rings is 1. The molecule has 2 aliphatic heterocycles. The van der Waals surface area contributed by atoms with Crippen molar-refractivity contribution in [2.24, 2.45) is 0 Å². The summed E-state index contributed by atoms with van der Waals surface area (Å²) in [5.41, 5.74) is 0.625. The molecule has 2 fully saturated rings. The van der Waals surface area contributed by atoms with Crippen LogP contribution in [0, 0.1) is 0 Å². The summed E-state index contributed by atoms with van der Waals surface area (Å²) in [6, 6.07) is 0.266.